The zero-order valence-corrected chi connectivity index (χ0v) is 17.8. The number of aromatic nitrogens is 4. The van der Waals surface area contributed by atoms with Crippen LogP contribution >= 0.6 is 0 Å². The first-order chi connectivity index (χ1) is 14.9. The Bertz CT molecular complexity index is 1280. The molecule has 0 spiro atoms. The molecule has 31 heavy (non-hydrogen) atoms. The largest absolute Gasteiger partial charge is 0.496 e. The lowest BCUT2D eigenvalue weighted by Crippen LogP contribution is -2.21. The zero-order chi connectivity index (χ0) is 22.1. The molecule has 4 aromatic rings. The van der Waals surface area contributed by atoms with Crippen molar-refractivity contribution in [3.8, 4) is 28.0 Å². The van der Waals surface area contributed by atoms with Gasteiger partial charge in [-0.15, -0.1) is 5.10 Å². The first kappa shape index (κ1) is 20.5. The Balaban J connectivity index is 1.89. The van der Waals surface area contributed by atoms with E-state index in [0.717, 1.165) is 11.1 Å². The Kier molecular flexibility index (Phi) is 5.37. The van der Waals surface area contributed by atoms with Crippen LogP contribution in [0.2, 0.25) is 0 Å². The molecule has 1 amide bonds. The molecule has 0 saturated carbocycles. The fourth-order valence-electron chi connectivity index (χ4n) is 3.52. The molecule has 2 heterocycles. The molecule has 2 aromatic carbocycles. The molecule has 4 rings (SSSR count). The monoisotopic (exact) mass is 419 g/mol. The van der Waals surface area contributed by atoms with Gasteiger partial charge in [-0.25, -0.2) is 9.37 Å². The van der Waals surface area contributed by atoms with Crippen LogP contribution in [-0.4, -0.2) is 51.8 Å². The number of hydrogen-bond acceptors (Lipinski definition) is 5. The molecule has 0 atom stereocenters. The normalized spacial score (nSPS) is 11.0. The summed E-state index contributed by atoms with van der Waals surface area (Å²) in [6.45, 7) is 2.72. The average molecular weight is 419 g/mol. The molecule has 0 radical (unpaired) electrons. The van der Waals surface area contributed by atoms with E-state index in [4.69, 9.17) is 4.74 Å². The van der Waals surface area contributed by atoms with Gasteiger partial charge in [0.05, 0.1) is 19.6 Å². The molecule has 0 aliphatic heterocycles. The van der Waals surface area contributed by atoms with E-state index in [2.05, 4.69) is 15.2 Å². The minimum absolute atomic E-state index is 0.175. The molecule has 158 valence electrons. The van der Waals surface area contributed by atoms with Gasteiger partial charge in [-0.2, -0.15) is 5.10 Å². The fourth-order valence-corrected chi connectivity index (χ4v) is 3.52. The summed E-state index contributed by atoms with van der Waals surface area (Å²) < 4.78 is 22.3. The maximum absolute atomic E-state index is 15.0. The van der Waals surface area contributed by atoms with Crippen molar-refractivity contribution < 1.29 is 13.9 Å². The molecule has 0 aliphatic rings. The first-order valence-electron chi connectivity index (χ1n) is 9.81. The minimum Gasteiger partial charge on any atom is -0.496 e. The number of rotatable bonds is 5. The lowest BCUT2D eigenvalue weighted by atomic mass is 9.96. The lowest BCUT2D eigenvalue weighted by Gasteiger charge is -2.15. The van der Waals surface area contributed by atoms with Crippen LogP contribution in [0.4, 0.5) is 4.39 Å². The molecule has 2 aromatic heterocycles. The van der Waals surface area contributed by atoms with Crippen molar-refractivity contribution >= 4 is 17.1 Å². The molecular formula is C23H22FN5O2. The molecule has 0 unspecified atom stereocenters. The summed E-state index contributed by atoms with van der Waals surface area (Å²) >= 11 is 0. The summed E-state index contributed by atoms with van der Waals surface area (Å²) in [7, 11) is 4.86. The van der Waals surface area contributed by atoms with Crippen LogP contribution in [0.1, 0.15) is 17.3 Å². The van der Waals surface area contributed by atoms with Crippen molar-refractivity contribution in [2.45, 2.75) is 13.5 Å². The van der Waals surface area contributed by atoms with Crippen LogP contribution in [0, 0.1) is 5.82 Å². The predicted octanol–water partition coefficient (Wildman–Crippen LogP) is 4.03. The Morgan fingerprint density at radius 3 is 2.65 bits per heavy atom. The van der Waals surface area contributed by atoms with Crippen molar-refractivity contribution in [2.75, 3.05) is 21.2 Å². The third-order valence-electron chi connectivity index (χ3n) is 5.17. The number of benzene rings is 2. The summed E-state index contributed by atoms with van der Waals surface area (Å²) in [5.41, 5.74) is 4.11. The maximum Gasteiger partial charge on any atom is 0.253 e. The average Bonchev–Trinajstić information content (AvgIpc) is 3.22. The molecule has 0 N–H and O–H groups in total. The van der Waals surface area contributed by atoms with Crippen LogP contribution in [0.5, 0.6) is 5.75 Å². The van der Waals surface area contributed by atoms with E-state index in [0.29, 0.717) is 40.1 Å². The summed E-state index contributed by atoms with van der Waals surface area (Å²) in [4.78, 5) is 18.4. The smallest absolute Gasteiger partial charge is 0.253 e. The number of carbonyl (C=O) groups excluding carboxylic acids is 1. The number of amides is 1. The molecule has 0 bridgehead atoms. The van der Waals surface area contributed by atoms with Crippen LogP contribution in [-0.2, 0) is 6.54 Å². The van der Waals surface area contributed by atoms with Gasteiger partial charge in [0.1, 0.15) is 17.1 Å². The minimum atomic E-state index is -0.422. The standard InChI is InChI=1S/C23H22FN5O2/c1-5-29-13-25-21-18(12-26-27-22(21)29)14-6-8-19(24)16(10-14)17-11-15(23(30)28(2)3)7-9-20(17)31-4/h6-13H,5H2,1-4H3. The van der Waals surface area contributed by atoms with Crippen LogP contribution in [0.3, 0.4) is 0 Å². The topological polar surface area (TPSA) is 73.1 Å². The van der Waals surface area contributed by atoms with Gasteiger partial charge in [0.15, 0.2) is 5.65 Å². The number of fused-ring (bicyclic) bond motifs is 1. The van der Waals surface area contributed by atoms with E-state index in [1.54, 1.807) is 57.0 Å². The number of hydrogen-bond donors (Lipinski definition) is 0. The number of imidazole rings is 1. The van der Waals surface area contributed by atoms with Gasteiger partial charge in [-0.1, -0.05) is 6.07 Å². The summed E-state index contributed by atoms with van der Waals surface area (Å²) in [5, 5.41) is 8.29. The van der Waals surface area contributed by atoms with Gasteiger partial charge < -0.3 is 14.2 Å². The highest BCUT2D eigenvalue weighted by Crippen LogP contribution is 2.36. The number of nitrogens with zero attached hydrogens (tertiary/aromatic N) is 5. The summed E-state index contributed by atoms with van der Waals surface area (Å²) in [5.74, 6) is -0.126. The van der Waals surface area contributed by atoms with Crippen LogP contribution < -0.4 is 4.74 Å². The third-order valence-corrected chi connectivity index (χ3v) is 5.17. The van der Waals surface area contributed by atoms with E-state index in [1.165, 1.54) is 18.1 Å². The molecule has 0 aliphatic carbocycles. The van der Waals surface area contributed by atoms with Gasteiger partial charge in [0.25, 0.3) is 5.91 Å². The van der Waals surface area contributed by atoms with Crippen molar-refractivity contribution in [2.24, 2.45) is 0 Å². The van der Waals surface area contributed by atoms with Gasteiger partial charge in [-0.05, 0) is 42.8 Å². The molecule has 7 nitrogen and oxygen atoms in total. The first-order valence-corrected chi connectivity index (χ1v) is 9.81. The third kappa shape index (κ3) is 3.61. The Hall–Kier alpha value is -3.81. The van der Waals surface area contributed by atoms with E-state index in [9.17, 15) is 9.18 Å². The highest BCUT2D eigenvalue weighted by Gasteiger charge is 2.18. The van der Waals surface area contributed by atoms with Gasteiger partial charge in [-0.3, -0.25) is 4.79 Å². The number of carbonyl (C=O) groups is 1. The number of methoxy groups -OCH3 is 1. The van der Waals surface area contributed by atoms with Crippen LogP contribution in [0.25, 0.3) is 33.4 Å². The van der Waals surface area contributed by atoms with E-state index < -0.39 is 5.82 Å². The second kappa shape index (κ2) is 8.14. The van der Waals surface area contributed by atoms with Crippen molar-refractivity contribution in [3.05, 3.63) is 60.3 Å². The van der Waals surface area contributed by atoms with Gasteiger partial charge in [0.2, 0.25) is 0 Å². The van der Waals surface area contributed by atoms with Crippen molar-refractivity contribution in [3.63, 3.8) is 0 Å². The van der Waals surface area contributed by atoms with Gasteiger partial charge in [0, 0.05) is 42.9 Å². The second-order valence-electron chi connectivity index (χ2n) is 7.27. The number of ether oxygens (including phenoxy) is 1. The molecular weight excluding hydrogens is 397 g/mol. The fraction of sp³-hybridized carbons (Fsp3) is 0.217. The number of aryl methyl sites for hydroxylation is 1. The van der Waals surface area contributed by atoms with Crippen molar-refractivity contribution in [1.29, 1.82) is 0 Å². The van der Waals surface area contributed by atoms with Gasteiger partial charge >= 0.3 is 0 Å². The Morgan fingerprint density at radius 2 is 1.94 bits per heavy atom. The van der Waals surface area contributed by atoms with E-state index >= 15 is 0 Å². The van der Waals surface area contributed by atoms with Crippen LogP contribution in [0.15, 0.2) is 48.9 Å². The Labute approximate surface area is 179 Å². The van der Waals surface area contributed by atoms with Crippen molar-refractivity contribution in [1.82, 2.24) is 24.6 Å². The highest BCUT2D eigenvalue weighted by atomic mass is 19.1. The summed E-state index contributed by atoms with van der Waals surface area (Å²) in [6.07, 6.45) is 3.34. The highest BCUT2D eigenvalue weighted by molar-refractivity contribution is 5.96. The lowest BCUT2D eigenvalue weighted by molar-refractivity contribution is 0.0827. The summed E-state index contributed by atoms with van der Waals surface area (Å²) in [6, 6.07) is 9.79. The Morgan fingerprint density at radius 1 is 1.13 bits per heavy atom. The molecule has 0 fully saturated rings. The molecule has 0 saturated heterocycles. The quantitative estimate of drug-likeness (QED) is 0.488. The maximum atomic E-state index is 15.0. The SMILES string of the molecule is CCn1cnc2c(-c3ccc(F)c(-c4cc(C(=O)N(C)C)ccc4OC)c3)cnnc21. The van der Waals surface area contributed by atoms with E-state index in [-0.39, 0.29) is 5.91 Å². The number of halogens is 1. The zero-order valence-electron chi connectivity index (χ0n) is 17.8. The second-order valence-corrected chi connectivity index (χ2v) is 7.27. The predicted molar refractivity (Wildman–Crippen MR) is 116 cm³/mol. The van der Waals surface area contributed by atoms with E-state index in [1.807, 2.05) is 11.5 Å². The molecule has 8 heteroatoms.